The van der Waals surface area contributed by atoms with E-state index in [1.54, 1.807) is 30.3 Å². The van der Waals surface area contributed by atoms with Crippen molar-refractivity contribution in [1.29, 1.82) is 0 Å². The predicted octanol–water partition coefficient (Wildman–Crippen LogP) is 3.18. The third-order valence-electron chi connectivity index (χ3n) is 5.12. The zero-order valence-corrected chi connectivity index (χ0v) is 19.0. The van der Waals surface area contributed by atoms with Gasteiger partial charge in [0.15, 0.2) is 6.23 Å². The summed E-state index contributed by atoms with van der Waals surface area (Å²) in [5.41, 5.74) is 1.78. The van der Waals surface area contributed by atoms with Crippen LogP contribution >= 0.6 is 0 Å². The van der Waals surface area contributed by atoms with Crippen LogP contribution in [-0.4, -0.2) is 35.0 Å². The molecule has 3 aromatic carbocycles. The summed E-state index contributed by atoms with van der Waals surface area (Å²) in [6.07, 6.45) is -0.725. The van der Waals surface area contributed by atoms with Crippen LogP contribution in [0.15, 0.2) is 84.9 Å². The number of benzene rings is 3. The second-order valence-electron chi connectivity index (χ2n) is 7.82. The van der Waals surface area contributed by atoms with E-state index in [-0.39, 0.29) is 18.5 Å². The van der Waals surface area contributed by atoms with Gasteiger partial charge in [0, 0.05) is 37.5 Å². The SMILES string of the molecule is CC(=O)O[C@H](Cc1ccc([N+](=O)[O-])cc1)NC(=O)[C@H](Cc1ccccc1)NC(=O)c1ccccc1. The van der Waals surface area contributed by atoms with E-state index in [1.807, 2.05) is 30.3 Å². The summed E-state index contributed by atoms with van der Waals surface area (Å²) >= 11 is 0. The second-order valence-corrected chi connectivity index (χ2v) is 7.82. The Balaban J connectivity index is 1.77. The summed E-state index contributed by atoms with van der Waals surface area (Å²) in [5, 5.41) is 16.3. The van der Waals surface area contributed by atoms with E-state index in [1.165, 1.54) is 31.2 Å². The van der Waals surface area contributed by atoms with E-state index in [0.29, 0.717) is 11.1 Å². The number of hydrogen-bond acceptors (Lipinski definition) is 6. The van der Waals surface area contributed by atoms with Gasteiger partial charge in [-0.05, 0) is 23.3 Å². The average Bonchev–Trinajstić information content (AvgIpc) is 2.84. The minimum absolute atomic E-state index is 0.0756. The number of nitrogens with zero attached hydrogens (tertiary/aromatic N) is 1. The molecule has 0 unspecified atom stereocenters. The third-order valence-corrected chi connectivity index (χ3v) is 5.12. The molecule has 0 aromatic heterocycles. The van der Waals surface area contributed by atoms with Gasteiger partial charge < -0.3 is 15.4 Å². The topological polar surface area (TPSA) is 128 Å². The minimum Gasteiger partial charge on any atom is -0.442 e. The van der Waals surface area contributed by atoms with Crippen molar-refractivity contribution in [2.45, 2.75) is 32.0 Å². The van der Waals surface area contributed by atoms with Crippen molar-refractivity contribution in [3.05, 3.63) is 112 Å². The van der Waals surface area contributed by atoms with Gasteiger partial charge in [-0.3, -0.25) is 24.5 Å². The number of nitro benzene ring substituents is 1. The first kappa shape index (κ1) is 25.1. The molecule has 0 heterocycles. The van der Waals surface area contributed by atoms with E-state index in [4.69, 9.17) is 4.74 Å². The molecule has 0 fully saturated rings. The van der Waals surface area contributed by atoms with Crippen molar-refractivity contribution in [2.24, 2.45) is 0 Å². The number of hydrogen-bond donors (Lipinski definition) is 2. The van der Waals surface area contributed by atoms with Crippen molar-refractivity contribution in [1.82, 2.24) is 10.6 Å². The first-order valence-corrected chi connectivity index (χ1v) is 10.9. The van der Waals surface area contributed by atoms with Crippen LogP contribution in [0.3, 0.4) is 0 Å². The lowest BCUT2D eigenvalue weighted by Crippen LogP contribution is -2.52. The molecule has 9 heteroatoms. The highest BCUT2D eigenvalue weighted by Gasteiger charge is 2.26. The Labute approximate surface area is 202 Å². The monoisotopic (exact) mass is 475 g/mol. The fourth-order valence-corrected chi connectivity index (χ4v) is 3.44. The van der Waals surface area contributed by atoms with Gasteiger partial charge in [-0.1, -0.05) is 60.7 Å². The second kappa shape index (κ2) is 12.1. The molecule has 0 aliphatic rings. The van der Waals surface area contributed by atoms with Gasteiger partial charge in [0.1, 0.15) is 6.04 Å². The van der Waals surface area contributed by atoms with Gasteiger partial charge in [-0.15, -0.1) is 0 Å². The van der Waals surface area contributed by atoms with Crippen LogP contribution in [-0.2, 0) is 27.2 Å². The zero-order chi connectivity index (χ0) is 25.2. The fourth-order valence-electron chi connectivity index (χ4n) is 3.44. The van der Waals surface area contributed by atoms with E-state index in [2.05, 4.69) is 10.6 Å². The van der Waals surface area contributed by atoms with Crippen LogP contribution in [0.4, 0.5) is 5.69 Å². The van der Waals surface area contributed by atoms with Crippen LogP contribution in [0.5, 0.6) is 0 Å². The highest BCUT2D eigenvalue weighted by molar-refractivity contribution is 5.97. The molecule has 0 aliphatic carbocycles. The number of ether oxygens (including phenoxy) is 1. The minimum atomic E-state index is -1.03. The summed E-state index contributed by atoms with van der Waals surface area (Å²) in [5.74, 6) is -1.56. The number of nitro groups is 1. The largest absolute Gasteiger partial charge is 0.442 e. The molecule has 0 spiro atoms. The summed E-state index contributed by atoms with van der Waals surface area (Å²) in [6.45, 7) is 1.22. The van der Waals surface area contributed by atoms with Gasteiger partial charge >= 0.3 is 5.97 Å². The maximum absolute atomic E-state index is 13.2. The summed E-state index contributed by atoms with van der Waals surface area (Å²) in [4.78, 5) is 48.0. The van der Waals surface area contributed by atoms with E-state index < -0.39 is 35.0 Å². The molecule has 3 aromatic rings. The Morgan fingerprint density at radius 2 is 1.40 bits per heavy atom. The molecule has 35 heavy (non-hydrogen) atoms. The summed E-state index contributed by atoms with van der Waals surface area (Å²) < 4.78 is 5.28. The normalized spacial score (nSPS) is 12.1. The fraction of sp³-hybridized carbons (Fsp3) is 0.192. The molecular formula is C26H25N3O6. The molecule has 0 radical (unpaired) electrons. The molecule has 0 saturated heterocycles. The molecule has 9 nitrogen and oxygen atoms in total. The molecule has 2 amide bonds. The maximum atomic E-state index is 13.2. The van der Waals surface area contributed by atoms with Gasteiger partial charge in [0.25, 0.3) is 11.6 Å². The Morgan fingerprint density at radius 3 is 1.97 bits per heavy atom. The number of non-ortho nitro benzene ring substituents is 1. The van der Waals surface area contributed by atoms with Gasteiger partial charge in [0.2, 0.25) is 5.91 Å². The summed E-state index contributed by atoms with van der Waals surface area (Å²) in [7, 11) is 0. The highest BCUT2D eigenvalue weighted by atomic mass is 16.6. The molecule has 3 rings (SSSR count). The first-order chi connectivity index (χ1) is 16.8. The lowest BCUT2D eigenvalue weighted by atomic mass is 10.0. The Hall–Kier alpha value is -4.53. The lowest BCUT2D eigenvalue weighted by Gasteiger charge is -2.23. The van der Waals surface area contributed by atoms with Gasteiger partial charge in [0.05, 0.1) is 4.92 Å². The molecule has 2 atom stereocenters. The Bertz CT molecular complexity index is 1170. The molecular weight excluding hydrogens is 450 g/mol. The molecule has 2 N–H and O–H groups in total. The van der Waals surface area contributed by atoms with Crippen LogP contribution in [0.25, 0.3) is 0 Å². The van der Waals surface area contributed by atoms with E-state index in [0.717, 1.165) is 5.56 Å². The van der Waals surface area contributed by atoms with Crippen LogP contribution in [0.1, 0.15) is 28.4 Å². The maximum Gasteiger partial charge on any atom is 0.304 e. The molecule has 0 aliphatic heterocycles. The smallest absolute Gasteiger partial charge is 0.304 e. The Morgan fingerprint density at radius 1 is 0.829 bits per heavy atom. The van der Waals surface area contributed by atoms with Crippen molar-refractivity contribution < 1.29 is 24.0 Å². The van der Waals surface area contributed by atoms with Crippen molar-refractivity contribution in [2.75, 3.05) is 0 Å². The van der Waals surface area contributed by atoms with Crippen molar-refractivity contribution in [3.8, 4) is 0 Å². The number of amides is 2. The molecule has 0 saturated carbocycles. The van der Waals surface area contributed by atoms with E-state index in [9.17, 15) is 24.5 Å². The standard InChI is InChI=1S/C26H25N3O6/c1-18(30)35-24(17-20-12-14-22(15-13-20)29(33)34)28-26(32)23(16-19-8-4-2-5-9-19)27-25(31)21-10-6-3-7-11-21/h2-15,23-24H,16-17H2,1H3,(H,27,31)(H,28,32)/t23-,24+/m0/s1. The van der Waals surface area contributed by atoms with Crippen LogP contribution in [0, 0.1) is 10.1 Å². The van der Waals surface area contributed by atoms with Crippen LogP contribution < -0.4 is 10.6 Å². The number of carbonyl (C=O) groups excluding carboxylic acids is 3. The molecule has 180 valence electrons. The van der Waals surface area contributed by atoms with E-state index >= 15 is 0 Å². The number of nitrogens with one attached hydrogen (secondary N) is 2. The lowest BCUT2D eigenvalue weighted by molar-refractivity contribution is -0.384. The predicted molar refractivity (Wildman–Crippen MR) is 128 cm³/mol. The highest BCUT2D eigenvalue weighted by Crippen LogP contribution is 2.14. The molecule has 0 bridgehead atoms. The first-order valence-electron chi connectivity index (χ1n) is 10.9. The number of esters is 1. The average molecular weight is 476 g/mol. The third kappa shape index (κ3) is 7.78. The Kier molecular flexibility index (Phi) is 8.66. The number of rotatable bonds is 10. The van der Waals surface area contributed by atoms with Crippen LogP contribution in [0.2, 0.25) is 0 Å². The van der Waals surface area contributed by atoms with Crippen molar-refractivity contribution >= 4 is 23.5 Å². The van der Waals surface area contributed by atoms with Gasteiger partial charge in [-0.25, -0.2) is 0 Å². The van der Waals surface area contributed by atoms with Crippen molar-refractivity contribution in [3.63, 3.8) is 0 Å². The zero-order valence-electron chi connectivity index (χ0n) is 19.0. The quantitative estimate of drug-likeness (QED) is 0.201. The summed E-state index contributed by atoms with van der Waals surface area (Å²) in [6, 6.07) is 22.5. The van der Waals surface area contributed by atoms with Gasteiger partial charge in [-0.2, -0.15) is 0 Å². The number of carbonyl (C=O) groups is 3.